The van der Waals surface area contributed by atoms with Crippen LogP contribution in [0.25, 0.3) is 5.65 Å². The first kappa shape index (κ1) is 20.9. The number of hydrogen-bond donors (Lipinski definition) is 2. The van der Waals surface area contributed by atoms with Crippen LogP contribution < -0.4 is 20.7 Å². The summed E-state index contributed by atoms with van der Waals surface area (Å²) in [5.74, 6) is 2.02. The minimum Gasteiger partial charge on any atom is -0.459 e. The van der Waals surface area contributed by atoms with Gasteiger partial charge < -0.3 is 20.7 Å². The number of aryl methyl sites for hydroxylation is 1. The number of hydrogen-bond acceptors (Lipinski definition) is 8. The van der Waals surface area contributed by atoms with Crippen LogP contribution in [-0.4, -0.2) is 56.8 Å². The van der Waals surface area contributed by atoms with E-state index in [-0.39, 0.29) is 6.10 Å². The number of anilines is 2. The molecule has 1 aliphatic carbocycles. The number of fused-ring (bicyclic) bond motifs is 1. The van der Waals surface area contributed by atoms with Crippen LogP contribution in [0.2, 0.25) is 0 Å². The molecule has 0 radical (unpaired) electrons. The zero-order valence-electron chi connectivity index (χ0n) is 18.9. The van der Waals surface area contributed by atoms with E-state index in [0.29, 0.717) is 29.8 Å². The third kappa shape index (κ3) is 4.34. The van der Waals surface area contributed by atoms with Gasteiger partial charge in [-0.25, -0.2) is 14.5 Å². The molecule has 1 unspecified atom stereocenters. The lowest BCUT2D eigenvalue weighted by molar-refractivity contribution is 0.150. The molecule has 0 amide bonds. The van der Waals surface area contributed by atoms with Crippen molar-refractivity contribution in [1.82, 2.24) is 29.9 Å². The Kier molecular flexibility index (Phi) is 5.82. The van der Waals surface area contributed by atoms with Crippen LogP contribution in [-0.2, 0) is 6.42 Å². The van der Waals surface area contributed by atoms with Crippen molar-refractivity contribution in [1.29, 1.82) is 0 Å². The number of nitrogens with one attached hydrogen (secondary N) is 1. The normalized spacial score (nSPS) is 17.6. The Morgan fingerprint density at radius 3 is 2.75 bits per heavy atom. The Bertz CT molecular complexity index is 1090. The second-order valence-corrected chi connectivity index (χ2v) is 8.94. The zero-order chi connectivity index (χ0) is 22.1. The molecule has 9 nitrogen and oxygen atoms in total. The molecule has 1 saturated heterocycles. The first-order valence-electron chi connectivity index (χ1n) is 11.7. The van der Waals surface area contributed by atoms with Gasteiger partial charge in [-0.2, -0.15) is 4.98 Å². The fourth-order valence-corrected chi connectivity index (χ4v) is 4.52. The first-order chi connectivity index (χ1) is 15.6. The van der Waals surface area contributed by atoms with Gasteiger partial charge in [0.25, 0.3) is 0 Å². The number of nitrogens with two attached hydrogens (primary N) is 1. The van der Waals surface area contributed by atoms with E-state index in [9.17, 15) is 0 Å². The van der Waals surface area contributed by atoms with Crippen LogP contribution in [0.15, 0.2) is 18.5 Å². The number of pyridine rings is 1. The second kappa shape index (κ2) is 8.90. The SMILES string of the molecule is CCCC(Oc1nc(N)c2ncc(Cc3cnc(N4CCNCC4)c(C)c3)n2n1)C1CC1. The van der Waals surface area contributed by atoms with E-state index >= 15 is 0 Å². The van der Waals surface area contributed by atoms with Crippen molar-refractivity contribution in [3.8, 4) is 6.01 Å². The van der Waals surface area contributed by atoms with Crippen LogP contribution in [0.3, 0.4) is 0 Å². The number of imidazole rings is 1. The highest BCUT2D eigenvalue weighted by Crippen LogP contribution is 2.36. The zero-order valence-corrected chi connectivity index (χ0v) is 18.9. The molecule has 32 heavy (non-hydrogen) atoms. The predicted octanol–water partition coefficient (Wildman–Crippen LogP) is 2.37. The molecule has 4 heterocycles. The summed E-state index contributed by atoms with van der Waals surface area (Å²) >= 11 is 0. The van der Waals surface area contributed by atoms with E-state index < -0.39 is 0 Å². The minimum atomic E-state index is 0.160. The van der Waals surface area contributed by atoms with Gasteiger partial charge in [-0.15, -0.1) is 5.10 Å². The van der Waals surface area contributed by atoms with Crippen molar-refractivity contribution in [3.63, 3.8) is 0 Å². The largest absolute Gasteiger partial charge is 0.459 e. The van der Waals surface area contributed by atoms with Gasteiger partial charge in [0.2, 0.25) is 0 Å². The van der Waals surface area contributed by atoms with Crippen LogP contribution in [0, 0.1) is 12.8 Å². The third-order valence-electron chi connectivity index (χ3n) is 6.33. The molecule has 0 aromatic carbocycles. The second-order valence-electron chi connectivity index (χ2n) is 8.94. The number of rotatable bonds is 8. The Hall–Kier alpha value is -2.94. The molecule has 2 aliphatic rings. The average molecular weight is 437 g/mol. The Morgan fingerprint density at radius 1 is 1.22 bits per heavy atom. The summed E-state index contributed by atoms with van der Waals surface area (Å²) in [6.07, 6.45) is 9.11. The summed E-state index contributed by atoms with van der Waals surface area (Å²) in [5.41, 5.74) is 9.99. The maximum Gasteiger partial charge on any atom is 0.336 e. The standard InChI is InChI=1S/C23H32N8O/c1-3-4-19(17-5-6-17)32-23-28-20(24)22-27-14-18(31(22)29-23)12-16-11-15(2)21(26-13-16)30-9-7-25-8-10-30/h11,13-14,17,19,25H,3-10,12H2,1-2H3,(H2,24,28,29). The summed E-state index contributed by atoms with van der Waals surface area (Å²) in [5, 5.41) is 8.03. The lowest BCUT2D eigenvalue weighted by atomic mass is 10.1. The van der Waals surface area contributed by atoms with E-state index in [1.807, 2.05) is 12.4 Å². The summed E-state index contributed by atoms with van der Waals surface area (Å²) in [6.45, 7) is 8.26. The fourth-order valence-electron chi connectivity index (χ4n) is 4.52. The maximum atomic E-state index is 6.19. The van der Waals surface area contributed by atoms with Crippen molar-refractivity contribution in [2.24, 2.45) is 5.92 Å². The number of nitrogens with zero attached hydrogens (tertiary/aromatic N) is 6. The highest BCUT2D eigenvalue weighted by Gasteiger charge is 2.33. The summed E-state index contributed by atoms with van der Waals surface area (Å²) in [4.78, 5) is 15.9. The van der Waals surface area contributed by atoms with Gasteiger partial charge in [-0.05, 0) is 43.2 Å². The summed E-state index contributed by atoms with van der Waals surface area (Å²) < 4.78 is 7.94. The van der Waals surface area contributed by atoms with Crippen LogP contribution >= 0.6 is 0 Å². The molecule has 170 valence electrons. The Labute approximate surface area is 188 Å². The molecular formula is C23H32N8O. The highest BCUT2D eigenvalue weighted by molar-refractivity contribution is 5.60. The molecule has 3 aromatic heterocycles. The Morgan fingerprint density at radius 2 is 2.03 bits per heavy atom. The van der Waals surface area contributed by atoms with Crippen LogP contribution in [0.4, 0.5) is 11.6 Å². The quantitative estimate of drug-likeness (QED) is 0.554. The van der Waals surface area contributed by atoms with Gasteiger partial charge in [-0.1, -0.05) is 19.4 Å². The minimum absolute atomic E-state index is 0.160. The van der Waals surface area contributed by atoms with Gasteiger partial charge >= 0.3 is 6.01 Å². The molecule has 3 aromatic rings. The number of ether oxygens (including phenoxy) is 1. The molecule has 2 fully saturated rings. The number of nitrogen functional groups attached to an aromatic ring is 1. The van der Waals surface area contributed by atoms with E-state index in [1.54, 1.807) is 4.52 Å². The highest BCUT2D eigenvalue weighted by atomic mass is 16.5. The van der Waals surface area contributed by atoms with E-state index in [0.717, 1.165) is 56.1 Å². The average Bonchev–Trinajstić information content (AvgIpc) is 3.56. The monoisotopic (exact) mass is 436 g/mol. The van der Waals surface area contributed by atoms with E-state index in [2.05, 4.69) is 45.2 Å². The van der Waals surface area contributed by atoms with Gasteiger partial charge in [0, 0.05) is 38.8 Å². The molecule has 1 aliphatic heterocycles. The summed E-state index contributed by atoms with van der Waals surface area (Å²) in [7, 11) is 0. The van der Waals surface area contributed by atoms with Gasteiger partial charge in [0.15, 0.2) is 11.5 Å². The van der Waals surface area contributed by atoms with Crippen molar-refractivity contribution < 1.29 is 4.74 Å². The first-order valence-corrected chi connectivity index (χ1v) is 11.7. The van der Waals surface area contributed by atoms with E-state index in [1.165, 1.54) is 18.4 Å². The topological polar surface area (TPSA) is 106 Å². The van der Waals surface area contributed by atoms with Gasteiger partial charge in [-0.3, -0.25) is 0 Å². The lowest BCUT2D eigenvalue weighted by Gasteiger charge is -2.29. The molecule has 5 rings (SSSR count). The smallest absolute Gasteiger partial charge is 0.336 e. The number of piperazine rings is 1. The summed E-state index contributed by atoms with van der Waals surface area (Å²) in [6, 6.07) is 2.54. The van der Waals surface area contributed by atoms with Crippen molar-refractivity contribution in [2.45, 2.75) is 52.1 Å². The molecular weight excluding hydrogens is 404 g/mol. The molecule has 1 atom stereocenters. The van der Waals surface area contributed by atoms with Gasteiger partial charge in [0.05, 0.1) is 11.9 Å². The fraction of sp³-hybridized carbons (Fsp3) is 0.565. The Balaban J connectivity index is 1.38. The third-order valence-corrected chi connectivity index (χ3v) is 6.33. The molecule has 0 bridgehead atoms. The predicted molar refractivity (Wildman–Crippen MR) is 124 cm³/mol. The molecule has 0 spiro atoms. The van der Waals surface area contributed by atoms with Crippen LogP contribution in [0.5, 0.6) is 6.01 Å². The van der Waals surface area contributed by atoms with Crippen LogP contribution in [0.1, 0.15) is 49.4 Å². The van der Waals surface area contributed by atoms with Crippen molar-refractivity contribution in [3.05, 3.63) is 35.3 Å². The van der Waals surface area contributed by atoms with Gasteiger partial charge in [0.1, 0.15) is 11.9 Å². The number of aromatic nitrogens is 5. The van der Waals surface area contributed by atoms with Crippen molar-refractivity contribution >= 4 is 17.3 Å². The maximum absolute atomic E-state index is 6.19. The lowest BCUT2D eigenvalue weighted by Crippen LogP contribution is -2.44. The molecule has 9 heteroatoms. The van der Waals surface area contributed by atoms with Crippen molar-refractivity contribution in [2.75, 3.05) is 36.8 Å². The van der Waals surface area contributed by atoms with E-state index in [4.69, 9.17) is 15.5 Å². The molecule has 3 N–H and O–H groups in total. The molecule has 1 saturated carbocycles.